The summed E-state index contributed by atoms with van der Waals surface area (Å²) in [5.74, 6) is 2.02. The molecule has 6 aromatic rings. The molecule has 0 radical (unpaired) electrons. The number of carbonyl (C=O) groups is 1. The maximum absolute atomic E-state index is 14.4. The van der Waals surface area contributed by atoms with Gasteiger partial charge in [0.2, 0.25) is 5.91 Å². The van der Waals surface area contributed by atoms with Crippen molar-refractivity contribution in [3.63, 3.8) is 0 Å². The molecular formula is C42H47N9O. The molecule has 10 nitrogen and oxygen atoms in total. The van der Waals surface area contributed by atoms with Crippen molar-refractivity contribution < 1.29 is 4.79 Å². The summed E-state index contributed by atoms with van der Waals surface area (Å²) in [6.07, 6.45) is 5.28. The highest BCUT2D eigenvalue weighted by Gasteiger charge is 2.25. The number of carbonyl (C=O) groups excluding carboxylic acids is 1. The van der Waals surface area contributed by atoms with Crippen molar-refractivity contribution in [2.45, 2.75) is 38.3 Å². The molecule has 0 atom stereocenters. The van der Waals surface area contributed by atoms with E-state index in [-0.39, 0.29) is 11.7 Å². The summed E-state index contributed by atoms with van der Waals surface area (Å²) in [6.45, 7) is 2.47. The Bertz CT molecular complexity index is 2190. The number of amides is 1. The third-order valence-electron chi connectivity index (χ3n) is 10.2. The highest BCUT2D eigenvalue weighted by atomic mass is 16.2. The molecule has 1 amide bonds. The van der Waals surface area contributed by atoms with Gasteiger partial charge in [-0.1, -0.05) is 60.7 Å². The number of nitrogens with zero attached hydrogens (tertiary/aromatic N) is 6. The number of fused-ring (bicyclic) bond motifs is 2. The van der Waals surface area contributed by atoms with Crippen LogP contribution in [0.5, 0.6) is 0 Å². The fourth-order valence-electron chi connectivity index (χ4n) is 7.27. The van der Waals surface area contributed by atoms with Crippen molar-refractivity contribution in [3.05, 3.63) is 126 Å². The Kier molecular flexibility index (Phi) is 10.2. The van der Waals surface area contributed by atoms with E-state index in [9.17, 15) is 4.79 Å². The third kappa shape index (κ3) is 7.62. The first-order valence-corrected chi connectivity index (χ1v) is 18.0. The van der Waals surface area contributed by atoms with Gasteiger partial charge in [-0.15, -0.1) is 0 Å². The Morgan fingerprint density at radius 1 is 0.923 bits per heavy atom. The second-order valence-corrected chi connectivity index (χ2v) is 13.9. The SMILES string of the molecule is CN(C)c1ccc(CN(C(=O)CN2CCC(Nc3ccccn3)CC2)c2ccc3c(c2)nc(CCc2ccc(C(=N)N)cc2)n3C)c2ccccc12. The van der Waals surface area contributed by atoms with Gasteiger partial charge in [-0.2, -0.15) is 0 Å². The van der Waals surface area contributed by atoms with Gasteiger partial charge < -0.3 is 25.4 Å². The smallest absolute Gasteiger partial charge is 0.241 e. The summed E-state index contributed by atoms with van der Waals surface area (Å²) < 4.78 is 2.14. The van der Waals surface area contributed by atoms with E-state index in [4.69, 9.17) is 16.1 Å². The summed E-state index contributed by atoms with van der Waals surface area (Å²) in [6, 6.07) is 33.1. The molecule has 0 aliphatic carbocycles. The number of piperidine rings is 1. The number of rotatable bonds is 12. The second kappa shape index (κ2) is 15.2. The van der Waals surface area contributed by atoms with Crippen LogP contribution in [0.3, 0.4) is 0 Å². The molecule has 1 fully saturated rings. The van der Waals surface area contributed by atoms with E-state index in [0.717, 1.165) is 89.3 Å². The van der Waals surface area contributed by atoms with Gasteiger partial charge in [0.05, 0.1) is 24.1 Å². The van der Waals surface area contributed by atoms with E-state index in [2.05, 4.69) is 100 Å². The number of likely N-dealkylation sites (tertiary alicyclic amines) is 1. The fraction of sp³-hybridized carbons (Fsp3) is 0.286. The van der Waals surface area contributed by atoms with Crippen LogP contribution in [0, 0.1) is 5.41 Å². The molecular weight excluding hydrogens is 647 g/mol. The Morgan fingerprint density at radius 2 is 1.67 bits per heavy atom. The predicted molar refractivity (Wildman–Crippen MR) is 212 cm³/mol. The van der Waals surface area contributed by atoms with E-state index < -0.39 is 0 Å². The standard InChI is InChI=1S/C42H47N9O/c1-48(2)37-18-16-31(34-8-4-5-9-35(34)37)27-51(41(52)28-50-24-21-32(22-25-50)46-39-10-6-7-23-45-39)33-17-19-38-36(26-33)47-40(49(38)3)20-13-29-11-14-30(15-12-29)42(43)44/h4-12,14-19,23,26,32H,13,20-22,24-25,27-28H2,1-3H3,(H3,43,44)(H,45,46). The molecule has 0 spiro atoms. The van der Waals surface area contributed by atoms with Crippen LogP contribution in [0.15, 0.2) is 103 Å². The van der Waals surface area contributed by atoms with E-state index in [0.29, 0.717) is 19.1 Å². The number of hydrogen-bond acceptors (Lipinski definition) is 7. The number of aromatic nitrogens is 3. The first kappa shape index (κ1) is 34.7. The Balaban J connectivity index is 1.14. The monoisotopic (exact) mass is 693 g/mol. The average Bonchev–Trinajstić information content (AvgIpc) is 3.48. The van der Waals surface area contributed by atoms with Gasteiger partial charge in [0.15, 0.2) is 0 Å². The van der Waals surface area contributed by atoms with E-state index in [1.807, 2.05) is 53.6 Å². The first-order chi connectivity index (χ1) is 25.2. The normalized spacial score (nSPS) is 13.8. The Hall–Kier alpha value is -5.74. The maximum atomic E-state index is 14.4. The summed E-state index contributed by atoms with van der Waals surface area (Å²) in [4.78, 5) is 30.3. The van der Waals surface area contributed by atoms with Gasteiger partial charge in [0.1, 0.15) is 17.5 Å². The Morgan fingerprint density at radius 3 is 2.38 bits per heavy atom. The second-order valence-electron chi connectivity index (χ2n) is 13.9. The van der Waals surface area contributed by atoms with Crippen LogP contribution < -0.4 is 20.9 Å². The zero-order valence-corrected chi connectivity index (χ0v) is 30.2. The highest BCUT2D eigenvalue weighted by molar-refractivity contribution is 6.00. The van der Waals surface area contributed by atoms with E-state index in [1.54, 1.807) is 0 Å². The highest BCUT2D eigenvalue weighted by Crippen LogP contribution is 2.31. The molecule has 4 aromatic carbocycles. The van der Waals surface area contributed by atoms with Gasteiger partial charge in [0.25, 0.3) is 0 Å². The summed E-state index contributed by atoms with van der Waals surface area (Å²) in [7, 11) is 6.18. The Labute approximate surface area is 305 Å². The lowest BCUT2D eigenvalue weighted by atomic mass is 10.0. The predicted octanol–water partition coefficient (Wildman–Crippen LogP) is 6.37. The van der Waals surface area contributed by atoms with Gasteiger partial charge in [-0.3, -0.25) is 15.1 Å². The quantitative estimate of drug-likeness (QED) is 0.101. The molecule has 3 heterocycles. The number of nitrogens with two attached hydrogens (primary N) is 1. The number of nitrogen functional groups attached to an aromatic ring is 1. The minimum absolute atomic E-state index is 0.0708. The number of aryl methyl sites for hydroxylation is 3. The largest absolute Gasteiger partial charge is 0.384 e. The van der Waals surface area contributed by atoms with Crippen LogP contribution in [-0.2, 0) is 31.2 Å². The molecule has 52 heavy (non-hydrogen) atoms. The number of hydrogen-bond donors (Lipinski definition) is 3. The minimum Gasteiger partial charge on any atom is -0.384 e. The first-order valence-electron chi connectivity index (χ1n) is 18.0. The van der Waals surface area contributed by atoms with Crippen LogP contribution in [0.4, 0.5) is 17.2 Å². The molecule has 0 bridgehead atoms. The summed E-state index contributed by atoms with van der Waals surface area (Å²) >= 11 is 0. The van der Waals surface area contributed by atoms with Crippen molar-refractivity contribution >= 4 is 50.7 Å². The minimum atomic E-state index is 0.0708. The molecule has 1 saturated heterocycles. The van der Waals surface area contributed by atoms with Crippen molar-refractivity contribution in [1.82, 2.24) is 19.4 Å². The van der Waals surface area contributed by atoms with Crippen molar-refractivity contribution in [1.29, 1.82) is 5.41 Å². The van der Waals surface area contributed by atoms with Crippen molar-refractivity contribution in [3.8, 4) is 0 Å². The molecule has 4 N–H and O–H groups in total. The maximum Gasteiger partial charge on any atom is 0.241 e. The van der Waals surface area contributed by atoms with Crippen LogP contribution in [-0.4, -0.2) is 70.9 Å². The fourth-order valence-corrected chi connectivity index (χ4v) is 7.27. The van der Waals surface area contributed by atoms with Crippen LogP contribution in [0.25, 0.3) is 21.8 Å². The lowest BCUT2D eigenvalue weighted by Gasteiger charge is -2.34. The lowest BCUT2D eigenvalue weighted by molar-refractivity contribution is -0.120. The summed E-state index contributed by atoms with van der Waals surface area (Å²) in [5, 5.41) is 13.5. The molecule has 0 unspecified atom stereocenters. The molecule has 10 heteroatoms. The molecule has 7 rings (SSSR count). The number of nitrogens with one attached hydrogen (secondary N) is 2. The number of benzene rings is 4. The summed E-state index contributed by atoms with van der Waals surface area (Å²) in [5.41, 5.74) is 12.5. The van der Waals surface area contributed by atoms with Gasteiger partial charge in [0, 0.05) is 75.2 Å². The molecule has 266 valence electrons. The zero-order valence-electron chi connectivity index (χ0n) is 30.2. The lowest BCUT2D eigenvalue weighted by Crippen LogP contribution is -2.45. The van der Waals surface area contributed by atoms with Crippen molar-refractivity contribution in [2.75, 3.05) is 48.8 Å². The van der Waals surface area contributed by atoms with E-state index in [1.165, 1.54) is 10.9 Å². The number of amidine groups is 1. The number of anilines is 3. The molecule has 1 aliphatic rings. The van der Waals surface area contributed by atoms with Gasteiger partial charge in [-0.25, -0.2) is 9.97 Å². The van der Waals surface area contributed by atoms with Crippen LogP contribution >= 0.6 is 0 Å². The van der Waals surface area contributed by atoms with Crippen LogP contribution in [0.2, 0.25) is 0 Å². The number of pyridine rings is 1. The zero-order chi connectivity index (χ0) is 36.2. The van der Waals surface area contributed by atoms with Gasteiger partial charge >= 0.3 is 0 Å². The molecule has 0 saturated carbocycles. The van der Waals surface area contributed by atoms with E-state index >= 15 is 0 Å². The molecule has 1 aliphatic heterocycles. The van der Waals surface area contributed by atoms with Crippen LogP contribution in [0.1, 0.15) is 35.4 Å². The molecule has 2 aromatic heterocycles. The third-order valence-corrected chi connectivity index (χ3v) is 10.2. The number of imidazole rings is 1. The topological polar surface area (TPSA) is 119 Å². The average molecular weight is 694 g/mol. The van der Waals surface area contributed by atoms with Gasteiger partial charge in [-0.05, 0) is 72.2 Å². The van der Waals surface area contributed by atoms with Crippen molar-refractivity contribution in [2.24, 2.45) is 12.8 Å².